The highest BCUT2D eigenvalue weighted by Gasteiger charge is 2.48. The molecule has 6 aromatic carbocycles. The van der Waals surface area contributed by atoms with Gasteiger partial charge in [0.15, 0.2) is 0 Å². The number of allylic oxidation sites excluding steroid dienone is 1. The summed E-state index contributed by atoms with van der Waals surface area (Å²) >= 11 is 0. The molecule has 4 aromatic heterocycles. The number of hydrogen-bond acceptors (Lipinski definition) is 3. The largest absolute Gasteiger partial charge is 0.384 e. The van der Waals surface area contributed by atoms with Gasteiger partial charge in [-0.25, -0.2) is 0 Å². The molecular formula is C52H37N5. The van der Waals surface area contributed by atoms with Gasteiger partial charge in [0.1, 0.15) is 5.82 Å². The van der Waals surface area contributed by atoms with Crippen molar-refractivity contribution in [2.75, 3.05) is 5.73 Å². The van der Waals surface area contributed by atoms with Gasteiger partial charge in [-0.1, -0.05) is 127 Å². The molecule has 0 amide bonds. The van der Waals surface area contributed by atoms with E-state index in [2.05, 4.69) is 178 Å². The van der Waals surface area contributed by atoms with Crippen molar-refractivity contribution in [1.82, 2.24) is 19.1 Å². The second-order valence-corrected chi connectivity index (χ2v) is 14.7. The van der Waals surface area contributed by atoms with E-state index in [9.17, 15) is 0 Å². The van der Waals surface area contributed by atoms with E-state index in [4.69, 9.17) is 10.7 Å². The third kappa shape index (κ3) is 4.69. The summed E-state index contributed by atoms with van der Waals surface area (Å²) in [5.74, 6) is 0.704. The van der Waals surface area contributed by atoms with E-state index in [1.54, 1.807) is 0 Å². The van der Waals surface area contributed by atoms with Gasteiger partial charge in [0.05, 0.1) is 27.7 Å². The summed E-state index contributed by atoms with van der Waals surface area (Å²) in [6.45, 7) is 2.01. The molecule has 10 aromatic rings. The van der Waals surface area contributed by atoms with E-state index in [1.165, 1.54) is 49.6 Å². The number of benzene rings is 6. The fourth-order valence-electron chi connectivity index (χ4n) is 9.50. The maximum Gasteiger partial charge on any atom is 0.116 e. The minimum absolute atomic E-state index is 0.560. The smallest absolute Gasteiger partial charge is 0.116 e. The Hall–Kier alpha value is -7.50. The Bertz CT molecular complexity index is 3130. The van der Waals surface area contributed by atoms with Crippen LogP contribution in [0.15, 0.2) is 188 Å². The maximum atomic E-state index is 6.72. The monoisotopic (exact) mass is 731 g/mol. The summed E-state index contributed by atoms with van der Waals surface area (Å²) in [5, 5.41) is 3.51. The summed E-state index contributed by atoms with van der Waals surface area (Å²) in [5.41, 5.74) is 22.1. The van der Waals surface area contributed by atoms with Crippen molar-refractivity contribution in [3.8, 4) is 33.6 Å². The standard InChI is InChI=1S/C52H37N5/c1-2-12-40-43-33-54-32-30-46(43)57(51(40)53)39-26-22-35(23-27-39)34-20-24-38(25-21-34)56-45-19-10-9-17-41(45)49-47(56)29-28-44-48(49)42-18-11-31-55-50(42)52(44,36-13-5-3-6-14-36)37-15-7-4-8-16-37/h2-33H,53H2,1H3/b12-2-. The van der Waals surface area contributed by atoms with Crippen LogP contribution in [0.2, 0.25) is 0 Å². The second kappa shape index (κ2) is 12.8. The van der Waals surface area contributed by atoms with Crippen LogP contribution >= 0.6 is 0 Å². The van der Waals surface area contributed by atoms with E-state index in [1.807, 2.05) is 37.7 Å². The summed E-state index contributed by atoms with van der Waals surface area (Å²) in [7, 11) is 0. The van der Waals surface area contributed by atoms with E-state index < -0.39 is 5.41 Å². The van der Waals surface area contributed by atoms with E-state index in [-0.39, 0.29) is 0 Å². The van der Waals surface area contributed by atoms with Crippen LogP contribution in [0.4, 0.5) is 5.82 Å². The molecule has 5 nitrogen and oxygen atoms in total. The van der Waals surface area contributed by atoms with Crippen molar-refractivity contribution in [3.63, 3.8) is 0 Å². The van der Waals surface area contributed by atoms with Gasteiger partial charge in [-0.05, 0) is 88.8 Å². The highest BCUT2D eigenvalue weighted by molar-refractivity contribution is 6.18. The molecule has 270 valence electrons. The molecule has 0 atom stereocenters. The van der Waals surface area contributed by atoms with Crippen LogP contribution in [-0.2, 0) is 5.41 Å². The van der Waals surface area contributed by atoms with Gasteiger partial charge in [0.25, 0.3) is 0 Å². The Morgan fingerprint density at radius 3 is 1.88 bits per heavy atom. The molecule has 0 saturated carbocycles. The Balaban J connectivity index is 1.05. The third-order valence-electron chi connectivity index (χ3n) is 11.9. The Labute approximate surface area is 330 Å². The number of rotatable bonds is 6. The van der Waals surface area contributed by atoms with Crippen LogP contribution < -0.4 is 5.73 Å². The lowest BCUT2D eigenvalue weighted by Gasteiger charge is -2.32. The molecule has 0 spiro atoms. The fraction of sp³-hybridized carbons (Fsp3) is 0.0385. The molecule has 0 fully saturated rings. The first-order valence-electron chi connectivity index (χ1n) is 19.4. The van der Waals surface area contributed by atoms with Crippen LogP contribution in [0.5, 0.6) is 0 Å². The molecule has 11 rings (SSSR count). The second-order valence-electron chi connectivity index (χ2n) is 14.7. The summed E-state index contributed by atoms with van der Waals surface area (Å²) in [6.07, 6.45) is 9.71. The molecule has 57 heavy (non-hydrogen) atoms. The number of fused-ring (bicyclic) bond motifs is 8. The fourth-order valence-corrected chi connectivity index (χ4v) is 9.50. The van der Waals surface area contributed by atoms with Crippen molar-refractivity contribution in [3.05, 3.63) is 216 Å². The van der Waals surface area contributed by atoms with Gasteiger partial charge in [-0.2, -0.15) is 0 Å². The van der Waals surface area contributed by atoms with Gasteiger partial charge >= 0.3 is 0 Å². The number of anilines is 1. The Kier molecular flexibility index (Phi) is 7.38. The van der Waals surface area contributed by atoms with Crippen molar-refractivity contribution in [1.29, 1.82) is 0 Å². The summed E-state index contributed by atoms with van der Waals surface area (Å²) < 4.78 is 4.52. The van der Waals surface area contributed by atoms with Crippen molar-refractivity contribution in [2.24, 2.45) is 0 Å². The quantitative estimate of drug-likeness (QED) is 0.185. The molecule has 0 unspecified atom stereocenters. The molecule has 5 heteroatoms. The highest BCUT2D eigenvalue weighted by Crippen LogP contribution is 2.58. The lowest BCUT2D eigenvalue weighted by molar-refractivity contribution is 0.738. The first-order chi connectivity index (χ1) is 28.2. The predicted octanol–water partition coefficient (Wildman–Crippen LogP) is 12.2. The summed E-state index contributed by atoms with van der Waals surface area (Å²) in [4.78, 5) is 9.56. The SMILES string of the molecule is C/C=C\c1c(N)n(-c2ccc(-c3ccc(-n4c5ccccc5c5c6c(ccc54)C(c4ccccc4)(c4ccccc4)c4ncccc4-6)cc3)cc2)c2ccncc12. The number of para-hydroxylation sites is 1. The van der Waals surface area contributed by atoms with Crippen LogP contribution in [-0.4, -0.2) is 19.1 Å². The lowest BCUT2D eigenvalue weighted by Crippen LogP contribution is -2.29. The molecule has 0 bridgehead atoms. The van der Waals surface area contributed by atoms with Gasteiger partial charge in [-0.15, -0.1) is 0 Å². The molecule has 4 heterocycles. The Morgan fingerprint density at radius 2 is 1.19 bits per heavy atom. The van der Waals surface area contributed by atoms with Crippen molar-refractivity contribution < 1.29 is 0 Å². The van der Waals surface area contributed by atoms with Gasteiger partial charge in [0, 0.05) is 57.3 Å². The molecular weight excluding hydrogens is 695 g/mol. The lowest BCUT2D eigenvalue weighted by atomic mass is 9.69. The zero-order chi connectivity index (χ0) is 38.1. The highest BCUT2D eigenvalue weighted by atomic mass is 15.1. The topological polar surface area (TPSA) is 61.7 Å². The first kappa shape index (κ1) is 32.9. The van der Waals surface area contributed by atoms with Crippen molar-refractivity contribution >= 4 is 44.6 Å². The van der Waals surface area contributed by atoms with Crippen LogP contribution in [0.3, 0.4) is 0 Å². The normalized spacial score (nSPS) is 13.1. The minimum atomic E-state index is -0.560. The van der Waals surface area contributed by atoms with Crippen molar-refractivity contribution in [2.45, 2.75) is 12.3 Å². The number of nitrogens with two attached hydrogens (primary N) is 1. The first-order valence-corrected chi connectivity index (χ1v) is 19.4. The molecule has 1 aliphatic rings. The van der Waals surface area contributed by atoms with Gasteiger partial charge < -0.3 is 10.3 Å². The number of nitrogens with zero attached hydrogens (tertiary/aromatic N) is 4. The maximum absolute atomic E-state index is 6.72. The van der Waals surface area contributed by atoms with E-state index >= 15 is 0 Å². The molecule has 1 aliphatic carbocycles. The van der Waals surface area contributed by atoms with Crippen LogP contribution in [0.1, 0.15) is 34.9 Å². The molecule has 0 radical (unpaired) electrons. The Morgan fingerprint density at radius 1 is 0.561 bits per heavy atom. The van der Waals surface area contributed by atoms with Gasteiger partial charge in [0.2, 0.25) is 0 Å². The summed E-state index contributed by atoms with van der Waals surface area (Å²) in [6, 6.07) is 59.1. The number of pyridine rings is 2. The van der Waals surface area contributed by atoms with E-state index in [0.29, 0.717) is 5.82 Å². The number of nitrogen functional groups attached to an aromatic ring is 1. The number of hydrogen-bond donors (Lipinski definition) is 1. The average molecular weight is 732 g/mol. The predicted molar refractivity (Wildman–Crippen MR) is 235 cm³/mol. The van der Waals surface area contributed by atoms with Gasteiger partial charge in [-0.3, -0.25) is 14.5 Å². The van der Waals surface area contributed by atoms with E-state index in [0.717, 1.165) is 44.7 Å². The minimum Gasteiger partial charge on any atom is -0.384 e. The zero-order valence-electron chi connectivity index (χ0n) is 31.3. The average Bonchev–Trinajstić information content (AvgIpc) is 3.88. The number of aromatic nitrogens is 4. The third-order valence-corrected chi connectivity index (χ3v) is 11.9. The molecule has 0 aliphatic heterocycles. The molecule has 2 N–H and O–H groups in total. The van der Waals surface area contributed by atoms with Crippen LogP contribution in [0.25, 0.3) is 72.4 Å². The molecule has 0 saturated heterocycles. The zero-order valence-corrected chi connectivity index (χ0v) is 31.3. The van der Waals surface area contributed by atoms with Crippen LogP contribution in [0, 0.1) is 0 Å².